The maximum absolute atomic E-state index is 12.6. The standard InChI is InChI=1S/C17H22BrNO4/c1-16(2,12-4-3-5-13(18)10-12)14(20)19-11-17(15(21)22)6-8-23-9-7-17/h3-5,10H,6-9,11H2,1-2H3,(H,19,20)(H,21,22). The molecule has 0 atom stereocenters. The number of hydrogen-bond donors (Lipinski definition) is 2. The Morgan fingerprint density at radius 1 is 1.35 bits per heavy atom. The molecule has 2 N–H and O–H groups in total. The van der Waals surface area contributed by atoms with Crippen molar-refractivity contribution in [2.75, 3.05) is 19.8 Å². The average molecular weight is 384 g/mol. The molecule has 1 aliphatic rings. The van der Waals surface area contributed by atoms with Crippen molar-refractivity contribution in [3.05, 3.63) is 34.3 Å². The Kier molecular flexibility index (Phi) is 5.47. The van der Waals surface area contributed by atoms with E-state index in [4.69, 9.17) is 4.74 Å². The molecule has 1 aromatic carbocycles. The van der Waals surface area contributed by atoms with Crippen LogP contribution >= 0.6 is 15.9 Å². The Balaban J connectivity index is 2.09. The van der Waals surface area contributed by atoms with Gasteiger partial charge in [-0.15, -0.1) is 0 Å². The second-order valence-electron chi connectivity index (χ2n) is 6.52. The van der Waals surface area contributed by atoms with Crippen molar-refractivity contribution < 1.29 is 19.4 Å². The summed E-state index contributed by atoms with van der Waals surface area (Å²) in [4.78, 5) is 24.3. The van der Waals surface area contributed by atoms with Gasteiger partial charge in [0.15, 0.2) is 0 Å². The lowest BCUT2D eigenvalue weighted by Crippen LogP contribution is -2.50. The molecule has 0 bridgehead atoms. The molecule has 1 heterocycles. The van der Waals surface area contributed by atoms with Crippen LogP contribution in [0.1, 0.15) is 32.3 Å². The van der Waals surface area contributed by atoms with E-state index >= 15 is 0 Å². The van der Waals surface area contributed by atoms with Gasteiger partial charge in [0.25, 0.3) is 0 Å². The highest BCUT2D eigenvalue weighted by Crippen LogP contribution is 2.31. The lowest BCUT2D eigenvalue weighted by molar-refractivity contribution is -0.154. The van der Waals surface area contributed by atoms with Crippen molar-refractivity contribution in [3.63, 3.8) is 0 Å². The number of carboxylic acids is 1. The van der Waals surface area contributed by atoms with E-state index in [9.17, 15) is 14.7 Å². The third-order valence-electron chi connectivity index (χ3n) is 4.60. The first-order valence-corrected chi connectivity index (χ1v) is 8.43. The number of halogens is 1. The molecule has 0 saturated carbocycles. The third kappa shape index (κ3) is 3.93. The SMILES string of the molecule is CC(C)(C(=O)NCC1(C(=O)O)CCOCC1)c1cccc(Br)c1. The largest absolute Gasteiger partial charge is 0.481 e. The molecule has 2 rings (SSSR count). The van der Waals surface area contributed by atoms with Gasteiger partial charge in [-0.05, 0) is 44.4 Å². The summed E-state index contributed by atoms with van der Waals surface area (Å²) in [5.41, 5.74) is -0.795. The predicted octanol–water partition coefficient (Wildman–Crippen LogP) is 2.72. The Hall–Kier alpha value is -1.40. The minimum Gasteiger partial charge on any atom is -0.481 e. The van der Waals surface area contributed by atoms with E-state index in [2.05, 4.69) is 21.2 Å². The summed E-state index contributed by atoms with van der Waals surface area (Å²) in [5.74, 6) is -1.05. The maximum atomic E-state index is 12.6. The van der Waals surface area contributed by atoms with Crippen molar-refractivity contribution >= 4 is 27.8 Å². The van der Waals surface area contributed by atoms with E-state index in [0.717, 1.165) is 10.0 Å². The summed E-state index contributed by atoms with van der Waals surface area (Å²) < 4.78 is 6.16. The van der Waals surface area contributed by atoms with Gasteiger partial charge in [-0.1, -0.05) is 28.1 Å². The molecule has 1 amide bonds. The van der Waals surface area contributed by atoms with Crippen molar-refractivity contribution in [1.29, 1.82) is 0 Å². The molecule has 1 aromatic rings. The van der Waals surface area contributed by atoms with E-state index in [1.54, 1.807) is 0 Å². The zero-order valence-electron chi connectivity index (χ0n) is 13.4. The molecule has 0 aromatic heterocycles. The molecule has 1 saturated heterocycles. The van der Waals surface area contributed by atoms with Crippen LogP contribution in [0, 0.1) is 5.41 Å². The second kappa shape index (κ2) is 7.01. The second-order valence-corrected chi connectivity index (χ2v) is 7.43. The van der Waals surface area contributed by atoms with Crippen LogP contribution in [0.4, 0.5) is 0 Å². The Labute approximate surface area is 144 Å². The quantitative estimate of drug-likeness (QED) is 0.819. The minimum absolute atomic E-state index is 0.127. The number of carbonyl (C=O) groups excluding carboxylic acids is 1. The number of benzene rings is 1. The molecular formula is C17H22BrNO4. The summed E-state index contributed by atoms with van der Waals surface area (Å²) in [7, 11) is 0. The highest BCUT2D eigenvalue weighted by Gasteiger charge is 2.41. The van der Waals surface area contributed by atoms with Gasteiger partial charge >= 0.3 is 5.97 Å². The van der Waals surface area contributed by atoms with E-state index in [-0.39, 0.29) is 12.5 Å². The number of carbonyl (C=O) groups is 2. The molecule has 0 aliphatic carbocycles. The van der Waals surface area contributed by atoms with Crippen molar-refractivity contribution in [1.82, 2.24) is 5.32 Å². The van der Waals surface area contributed by atoms with Crippen LogP contribution in [0.15, 0.2) is 28.7 Å². The van der Waals surface area contributed by atoms with Crippen LogP contribution in [-0.2, 0) is 19.7 Å². The summed E-state index contributed by atoms with van der Waals surface area (Å²) in [6, 6.07) is 7.58. The summed E-state index contributed by atoms with van der Waals surface area (Å²) in [5, 5.41) is 12.4. The van der Waals surface area contributed by atoms with Crippen LogP contribution in [0.25, 0.3) is 0 Å². The van der Waals surface area contributed by atoms with E-state index in [1.165, 1.54) is 0 Å². The van der Waals surface area contributed by atoms with Crippen LogP contribution < -0.4 is 5.32 Å². The number of carboxylic acid groups (broad SMARTS) is 1. The first-order valence-electron chi connectivity index (χ1n) is 7.63. The number of hydrogen-bond acceptors (Lipinski definition) is 3. The van der Waals surface area contributed by atoms with E-state index in [1.807, 2.05) is 38.1 Å². The van der Waals surface area contributed by atoms with Crippen LogP contribution in [0.5, 0.6) is 0 Å². The first kappa shape index (κ1) is 17.9. The molecule has 6 heteroatoms. The molecule has 126 valence electrons. The van der Waals surface area contributed by atoms with Gasteiger partial charge in [0.05, 0.1) is 10.8 Å². The molecule has 1 aliphatic heterocycles. The Morgan fingerprint density at radius 3 is 2.57 bits per heavy atom. The van der Waals surface area contributed by atoms with Gasteiger partial charge in [0, 0.05) is 24.2 Å². The number of aliphatic carboxylic acids is 1. The summed E-state index contributed by atoms with van der Waals surface area (Å²) >= 11 is 3.41. The predicted molar refractivity (Wildman–Crippen MR) is 90.3 cm³/mol. The van der Waals surface area contributed by atoms with Crippen LogP contribution in [0.3, 0.4) is 0 Å². The average Bonchev–Trinajstić information content (AvgIpc) is 2.53. The topological polar surface area (TPSA) is 75.6 Å². The van der Waals surface area contributed by atoms with Crippen LogP contribution in [-0.4, -0.2) is 36.7 Å². The fourth-order valence-electron chi connectivity index (χ4n) is 2.71. The van der Waals surface area contributed by atoms with Crippen molar-refractivity contribution in [2.24, 2.45) is 5.41 Å². The maximum Gasteiger partial charge on any atom is 0.311 e. The van der Waals surface area contributed by atoms with Gasteiger partial charge in [-0.3, -0.25) is 9.59 Å². The summed E-state index contributed by atoms with van der Waals surface area (Å²) in [6.07, 6.45) is 0.833. The van der Waals surface area contributed by atoms with Crippen LogP contribution in [0.2, 0.25) is 0 Å². The fourth-order valence-corrected chi connectivity index (χ4v) is 3.11. The zero-order chi connectivity index (χ0) is 17.1. The van der Waals surface area contributed by atoms with E-state index in [0.29, 0.717) is 26.1 Å². The van der Waals surface area contributed by atoms with Gasteiger partial charge < -0.3 is 15.2 Å². The first-order chi connectivity index (χ1) is 10.8. The highest BCUT2D eigenvalue weighted by atomic mass is 79.9. The zero-order valence-corrected chi connectivity index (χ0v) is 15.0. The smallest absolute Gasteiger partial charge is 0.311 e. The van der Waals surface area contributed by atoms with E-state index < -0.39 is 16.8 Å². The third-order valence-corrected chi connectivity index (χ3v) is 5.10. The molecule has 0 unspecified atom stereocenters. The number of nitrogens with one attached hydrogen (secondary N) is 1. The summed E-state index contributed by atoms with van der Waals surface area (Å²) in [6.45, 7) is 4.62. The van der Waals surface area contributed by atoms with Gasteiger partial charge in [0.2, 0.25) is 5.91 Å². The highest BCUT2D eigenvalue weighted by molar-refractivity contribution is 9.10. The minimum atomic E-state index is -0.929. The lowest BCUT2D eigenvalue weighted by atomic mass is 9.79. The van der Waals surface area contributed by atoms with Gasteiger partial charge in [-0.25, -0.2) is 0 Å². The molecular weight excluding hydrogens is 362 g/mol. The van der Waals surface area contributed by atoms with Gasteiger partial charge in [0.1, 0.15) is 0 Å². The normalized spacial score (nSPS) is 17.5. The number of amides is 1. The number of rotatable bonds is 5. The Morgan fingerprint density at radius 2 is 2.00 bits per heavy atom. The molecule has 0 radical (unpaired) electrons. The fraction of sp³-hybridized carbons (Fsp3) is 0.529. The number of ether oxygens (including phenoxy) is 1. The molecule has 1 fully saturated rings. The lowest BCUT2D eigenvalue weighted by Gasteiger charge is -2.34. The monoisotopic (exact) mass is 383 g/mol. The molecule has 0 spiro atoms. The molecule has 5 nitrogen and oxygen atoms in total. The van der Waals surface area contributed by atoms with Crippen molar-refractivity contribution in [3.8, 4) is 0 Å². The van der Waals surface area contributed by atoms with Gasteiger partial charge in [-0.2, -0.15) is 0 Å². The Bertz CT molecular complexity index is 594. The molecule has 23 heavy (non-hydrogen) atoms. The van der Waals surface area contributed by atoms with Crippen molar-refractivity contribution in [2.45, 2.75) is 32.1 Å².